The zero-order valence-corrected chi connectivity index (χ0v) is 19.2. The van der Waals surface area contributed by atoms with Crippen LogP contribution in [0.4, 0.5) is 0 Å². The van der Waals surface area contributed by atoms with E-state index in [1.54, 1.807) is 0 Å². The second kappa shape index (κ2) is 9.42. The van der Waals surface area contributed by atoms with Crippen LogP contribution in [0.15, 0.2) is 91.0 Å². The summed E-state index contributed by atoms with van der Waals surface area (Å²) in [5, 5.41) is 5.16. The van der Waals surface area contributed by atoms with Crippen LogP contribution < -0.4 is 15.7 Å². The Morgan fingerprint density at radius 2 is 1.24 bits per heavy atom. The van der Waals surface area contributed by atoms with Crippen LogP contribution in [0.1, 0.15) is 18.0 Å². The van der Waals surface area contributed by atoms with Crippen molar-refractivity contribution in [1.82, 2.24) is 5.09 Å². The van der Waals surface area contributed by atoms with Gasteiger partial charge in [-0.3, -0.25) is 9.65 Å². The summed E-state index contributed by atoms with van der Waals surface area (Å²) in [5.41, 5.74) is 4.55. The molecule has 148 valence electrons. The molecule has 2 nitrogen and oxygen atoms in total. The minimum absolute atomic E-state index is 0.119. The standard InChI is InChI=1S/C25H28NOPSi/c1-29(2,3)21-13-20-25(22-14-7-4-8-15-22)26-28(27,23-16-9-5-10-17-23)24-18-11-6-12-19-24/h4-12,14-19,25H,20H2,1-3H3,(H,26,27)/t25-/m0/s1. The van der Waals surface area contributed by atoms with Crippen LogP contribution in [-0.2, 0) is 4.57 Å². The van der Waals surface area contributed by atoms with Crippen molar-refractivity contribution in [3.05, 3.63) is 96.6 Å². The molecular formula is C25H28NOPSi. The molecule has 0 aliphatic heterocycles. The van der Waals surface area contributed by atoms with Crippen molar-refractivity contribution in [2.24, 2.45) is 0 Å². The molecule has 0 spiro atoms. The molecule has 0 bridgehead atoms. The highest BCUT2D eigenvalue weighted by molar-refractivity contribution is 7.76. The fourth-order valence-corrected chi connectivity index (χ4v) is 6.23. The van der Waals surface area contributed by atoms with Gasteiger partial charge in [0.2, 0.25) is 7.29 Å². The minimum Gasteiger partial charge on any atom is -0.297 e. The summed E-state index contributed by atoms with van der Waals surface area (Å²) < 4.78 is 14.4. The van der Waals surface area contributed by atoms with Gasteiger partial charge < -0.3 is 0 Å². The first-order valence-corrected chi connectivity index (χ1v) is 15.1. The molecular weight excluding hydrogens is 389 g/mol. The molecule has 0 saturated heterocycles. The van der Waals surface area contributed by atoms with Gasteiger partial charge in [-0.2, -0.15) is 0 Å². The van der Waals surface area contributed by atoms with Crippen molar-refractivity contribution in [1.29, 1.82) is 0 Å². The Kier molecular flexibility index (Phi) is 6.93. The van der Waals surface area contributed by atoms with Gasteiger partial charge in [-0.25, -0.2) is 0 Å². The van der Waals surface area contributed by atoms with Gasteiger partial charge in [-0.15, -0.1) is 11.5 Å². The molecule has 3 aromatic carbocycles. The summed E-state index contributed by atoms with van der Waals surface area (Å²) in [7, 11) is -4.50. The Labute approximate surface area is 175 Å². The third-order valence-corrected chi connectivity index (χ3v) is 8.20. The zero-order chi connectivity index (χ0) is 20.7. The number of benzene rings is 3. The predicted octanol–water partition coefficient (Wildman–Crippen LogP) is 5.52. The molecule has 1 atom stereocenters. The summed E-state index contributed by atoms with van der Waals surface area (Å²) in [6, 6.07) is 29.5. The van der Waals surface area contributed by atoms with Crippen LogP contribution in [0, 0.1) is 11.5 Å². The van der Waals surface area contributed by atoms with E-state index in [0.29, 0.717) is 6.42 Å². The smallest absolute Gasteiger partial charge is 0.205 e. The second-order valence-electron chi connectivity index (χ2n) is 8.13. The van der Waals surface area contributed by atoms with Gasteiger partial charge in [0, 0.05) is 23.1 Å². The molecule has 0 radical (unpaired) electrons. The molecule has 4 heteroatoms. The average Bonchev–Trinajstić information content (AvgIpc) is 2.74. The monoisotopic (exact) mass is 417 g/mol. The maximum Gasteiger partial charge on any atom is 0.205 e. The van der Waals surface area contributed by atoms with Crippen molar-refractivity contribution in [3.8, 4) is 11.5 Å². The average molecular weight is 418 g/mol. The van der Waals surface area contributed by atoms with Crippen LogP contribution in [0.3, 0.4) is 0 Å². The van der Waals surface area contributed by atoms with Gasteiger partial charge in [0.05, 0.1) is 0 Å². The van der Waals surface area contributed by atoms with Gasteiger partial charge >= 0.3 is 0 Å². The minimum atomic E-state index is -3.03. The summed E-state index contributed by atoms with van der Waals surface area (Å²) in [5.74, 6) is 3.38. The predicted molar refractivity (Wildman–Crippen MR) is 128 cm³/mol. The Morgan fingerprint density at radius 3 is 1.69 bits per heavy atom. The van der Waals surface area contributed by atoms with E-state index in [-0.39, 0.29) is 6.04 Å². The molecule has 3 aromatic rings. The second-order valence-corrected chi connectivity index (χ2v) is 15.4. The lowest BCUT2D eigenvalue weighted by Crippen LogP contribution is -2.30. The number of nitrogens with one attached hydrogen (secondary N) is 1. The lowest BCUT2D eigenvalue weighted by atomic mass is 10.1. The van der Waals surface area contributed by atoms with Crippen LogP contribution >= 0.6 is 7.29 Å². The van der Waals surface area contributed by atoms with Gasteiger partial charge in [0.25, 0.3) is 0 Å². The van der Waals surface area contributed by atoms with Crippen LogP contribution in [0.25, 0.3) is 0 Å². The molecule has 1 N–H and O–H groups in total. The lowest BCUT2D eigenvalue weighted by molar-refractivity contribution is 0.563. The van der Waals surface area contributed by atoms with E-state index >= 15 is 0 Å². The summed E-state index contributed by atoms with van der Waals surface area (Å²) in [6.07, 6.45) is 0.623. The highest BCUT2D eigenvalue weighted by atomic mass is 31.2. The number of hydrogen-bond donors (Lipinski definition) is 1. The molecule has 29 heavy (non-hydrogen) atoms. The lowest BCUT2D eigenvalue weighted by Gasteiger charge is -2.26. The fraction of sp³-hybridized carbons (Fsp3) is 0.200. The van der Waals surface area contributed by atoms with Crippen molar-refractivity contribution in [2.75, 3.05) is 0 Å². The van der Waals surface area contributed by atoms with Crippen LogP contribution in [0.2, 0.25) is 19.6 Å². The highest BCUT2D eigenvalue weighted by Gasteiger charge is 2.30. The quantitative estimate of drug-likeness (QED) is 0.325. The summed E-state index contributed by atoms with van der Waals surface area (Å²) >= 11 is 0. The third-order valence-electron chi connectivity index (χ3n) is 4.55. The Balaban J connectivity index is 2.03. The SMILES string of the molecule is C[Si](C)(C)C#CC[C@H](NP(=O)(c1ccccc1)c1ccccc1)c1ccccc1. The normalized spacial score (nSPS) is 12.7. The maximum atomic E-state index is 14.4. The third kappa shape index (κ3) is 5.81. The first-order valence-electron chi connectivity index (χ1n) is 9.92. The Hall–Kier alpha value is -2.37. The molecule has 0 saturated carbocycles. The Bertz CT molecular complexity index is 975. The molecule has 0 aliphatic rings. The van der Waals surface area contributed by atoms with Crippen molar-refractivity contribution in [3.63, 3.8) is 0 Å². The van der Waals surface area contributed by atoms with Gasteiger partial charge in [-0.1, -0.05) is 86.4 Å². The summed E-state index contributed by atoms with van der Waals surface area (Å²) in [6.45, 7) is 6.72. The zero-order valence-electron chi connectivity index (χ0n) is 17.3. The van der Waals surface area contributed by atoms with Crippen molar-refractivity contribution >= 4 is 26.0 Å². The van der Waals surface area contributed by atoms with Crippen molar-refractivity contribution in [2.45, 2.75) is 32.1 Å². The topological polar surface area (TPSA) is 29.1 Å². The van der Waals surface area contributed by atoms with Gasteiger partial charge in [0.1, 0.15) is 8.07 Å². The van der Waals surface area contributed by atoms with E-state index in [1.165, 1.54) is 0 Å². The molecule has 0 aromatic heterocycles. The van der Waals surface area contributed by atoms with E-state index in [4.69, 9.17) is 0 Å². The molecule has 0 amide bonds. The highest BCUT2D eigenvalue weighted by Crippen LogP contribution is 2.42. The van der Waals surface area contributed by atoms with E-state index in [9.17, 15) is 4.57 Å². The molecule has 0 heterocycles. The molecule has 0 aliphatic carbocycles. The molecule has 3 rings (SSSR count). The van der Waals surface area contributed by atoms with E-state index in [2.05, 4.69) is 48.3 Å². The number of rotatable bonds is 6. The first-order chi connectivity index (χ1) is 13.9. The van der Waals surface area contributed by atoms with Gasteiger partial charge in [0.15, 0.2) is 0 Å². The van der Waals surface area contributed by atoms with Gasteiger partial charge in [-0.05, 0) is 29.8 Å². The van der Waals surface area contributed by atoms with Crippen molar-refractivity contribution < 1.29 is 4.57 Å². The molecule has 0 unspecified atom stereocenters. The van der Waals surface area contributed by atoms with Crippen LogP contribution in [0.5, 0.6) is 0 Å². The maximum absolute atomic E-state index is 14.4. The van der Waals surface area contributed by atoms with E-state index in [0.717, 1.165) is 16.2 Å². The van der Waals surface area contributed by atoms with E-state index in [1.807, 2.05) is 78.9 Å². The van der Waals surface area contributed by atoms with E-state index < -0.39 is 15.4 Å². The first kappa shape index (κ1) is 21.3. The summed E-state index contributed by atoms with van der Waals surface area (Å²) in [4.78, 5) is 0. The molecule has 0 fully saturated rings. The van der Waals surface area contributed by atoms with Crippen LogP contribution in [-0.4, -0.2) is 8.07 Å². The number of hydrogen-bond acceptors (Lipinski definition) is 1. The Morgan fingerprint density at radius 1 is 0.793 bits per heavy atom. The largest absolute Gasteiger partial charge is 0.297 e. The fourth-order valence-electron chi connectivity index (χ4n) is 3.14.